The van der Waals surface area contributed by atoms with E-state index in [1.807, 2.05) is 18.7 Å². The van der Waals surface area contributed by atoms with Crippen molar-refractivity contribution in [3.63, 3.8) is 0 Å². The molecule has 7 heteroatoms. The van der Waals surface area contributed by atoms with Crippen LogP contribution in [-0.2, 0) is 4.74 Å². The number of aromatic nitrogens is 2. The summed E-state index contributed by atoms with van der Waals surface area (Å²) in [6.07, 6.45) is 3.23. The van der Waals surface area contributed by atoms with E-state index in [9.17, 15) is 0 Å². The van der Waals surface area contributed by atoms with Crippen LogP contribution in [0.4, 0.5) is 5.82 Å². The Morgan fingerprint density at radius 1 is 1.29 bits per heavy atom. The Morgan fingerprint density at radius 3 is 2.53 bits per heavy atom. The maximum Gasteiger partial charge on any atom is 0.509 e. The number of hydrogen-bond acceptors (Lipinski definition) is 6. The molecule has 1 fully saturated rings. The van der Waals surface area contributed by atoms with E-state index < -0.39 is 7.12 Å². The lowest BCUT2D eigenvalue weighted by Gasteiger charge is -2.35. The first-order chi connectivity index (χ1) is 8.06. The molecule has 2 N–H and O–H groups in total. The summed E-state index contributed by atoms with van der Waals surface area (Å²) in [5.41, 5.74) is 0.161. The summed E-state index contributed by atoms with van der Waals surface area (Å²) in [7, 11) is -1.58. The molecule has 2 rings (SSSR count). The zero-order chi connectivity index (χ0) is 12.4. The number of ether oxygens (including phenoxy) is 1. The zero-order valence-corrected chi connectivity index (χ0v) is 9.95. The zero-order valence-electron chi connectivity index (χ0n) is 9.95. The molecule has 0 radical (unpaired) electrons. The van der Waals surface area contributed by atoms with Gasteiger partial charge in [0.25, 0.3) is 0 Å². The van der Waals surface area contributed by atoms with E-state index in [1.54, 1.807) is 6.20 Å². The van der Waals surface area contributed by atoms with Gasteiger partial charge in [0, 0.05) is 19.3 Å². The van der Waals surface area contributed by atoms with Crippen LogP contribution >= 0.6 is 0 Å². The second-order valence-electron chi connectivity index (χ2n) is 4.34. The van der Waals surface area contributed by atoms with Gasteiger partial charge in [-0.25, -0.2) is 4.98 Å². The van der Waals surface area contributed by atoms with Gasteiger partial charge >= 0.3 is 7.12 Å². The van der Waals surface area contributed by atoms with E-state index in [0.717, 1.165) is 13.1 Å². The van der Waals surface area contributed by atoms with Crippen molar-refractivity contribution in [3.8, 4) is 0 Å². The van der Waals surface area contributed by atoms with E-state index in [-0.39, 0.29) is 17.8 Å². The van der Waals surface area contributed by atoms with E-state index in [0.29, 0.717) is 5.82 Å². The second-order valence-corrected chi connectivity index (χ2v) is 4.34. The van der Waals surface area contributed by atoms with Crippen LogP contribution in [0.3, 0.4) is 0 Å². The molecule has 17 heavy (non-hydrogen) atoms. The Labute approximate surface area is 100 Å². The molecule has 0 spiro atoms. The number of morpholine rings is 1. The number of hydrogen-bond donors (Lipinski definition) is 2. The minimum absolute atomic E-state index is 0.128. The van der Waals surface area contributed by atoms with Gasteiger partial charge in [-0.2, -0.15) is 0 Å². The molecule has 1 aliphatic heterocycles. The molecule has 6 nitrogen and oxygen atoms in total. The van der Waals surface area contributed by atoms with Crippen molar-refractivity contribution in [1.29, 1.82) is 0 Å². The fraction of sp³-hybridized carbons (Fsp3) is 0.600. The summed E-state index contributed by atoms with van der Waals surface area (Å²) in [4.78, 5) is 10.2. The summed E-state index contributed by atoms with van der Waals surface area (Å²) in [5, 5.41) is 18.1. The average molecular weight is 237 g/mol. The van der Waals surface area contributed by atoms with Crippen molar-refractivity contribution in [2.75, 3.05) is 18.0 Å². The van der Waals surface area contributed by atoms with Crippen LogP contribution in [0.2, 0.25) is 0 Å². The Balaban J connectivity index is 2.18. The van der Waals surface area contributed by atoms with Crippen LogP contribution in [-0.4, -0.2) is 52.4 Å². The van der Waals surface area contributed by atoms with Gasteiger partial charge in [-0.3, -0.25) is 4.98 Å². The molecule has 0 saturated carbocycles. The lowest BCUT2D eigenvalue weighted by molar-refractivity contribution is -0.00546. The summed E-state index contributed by atoms with van der Waals surface area (Å²) >= 11 is 0. The SMILES string of the molecule is C[C@@H]1CN(c2cncc(B(O)O)n2)C[C@H](C)O1. The molecule has 0 aliphatic carbocycles. The standard InChI is InChI=1S/C10H16BN3O3/c1-7-5-14(6-8(2)17-7)10-4-12-3-9(13-10)11(15)16/h3-4,7-8,15-16H,5-6H2,1-2H3/t7-,8+. The Morgan fingerprint density at radius 2 is 1.94 bits per heavy atom. The first kappa shape index (κ1) is 12.3. The molecule has 1 aromatic heterocycles. The maximum absolute atomic E-state index is 9.06. The predicted molar refractivity (Wildman–Crippen MR) is 64.1 cm³/mol. The Hall–Kier alpha value is -1.18. The highest BCUT2D eigenvalue weighted by Gasteiger charge is 2.24. The van der Waals surface area contributed by atoms with E-state index in [2.05, 4.69) is 9.97 Å². The highest BCUT2D eigenvalue weighted by atomic mass is 16.5. The van der Waals surface area contributed by atoms with E-state index >= 15 is 0 Å². The third kappa shape index (κ3) is 2.93. The molecular formula is C10H16BN3O3. The first-order valence-corrected chi connectivity index (χ1v) is 5.64. The monoisotopic (exact) mass is 237 g/mol. The van der Waals surface area contributed by atoms with Crippen molar-refractivity contribution >= 4 is 18.5 Å². The summed E-state index contributed by atoms with van der Waals surface area (Å²) in [6.45, 7) is 5.45. The molecule has 1 aromatic rings. The third-order valence-corrected chi connectivity index (χ3v) is 2.65. The van der Waals surface area contributed by atoms with Crippen LogP contribution in [0.25, 0.3) is 0 Å². The van der Waals surface area contributed by atoms with Gasteiger partial charge in [0.2, 0.25) is 0 Å². The summed E-state index contributed by atoms with van der Waals surface area (Å²) in [5.74, 6) is 0.651. The maximum atomic E-state index is 9.06. The molecule has 0 unspecified atom stereocenters. The number of nitrogens with zero attached hydrogens (tertiary/aromatic N) is 3. The molecule has 92 valence electrons. The van der Waals surface area contributed by atoms with Gasteiger partial charge in [0.1, 0.15) is 5.82 Å². The van der Waals surface area contributed by atoms with Gasteiger partial charge in [-0.1, -0.05) is 0 Å². The molecule has 1 aliphatic rings. The smallest absolute Gasteiger partial charge is 0.422 e. The van der Waals surface area contributed by atoms with Crippen LogP contribution in [0.15, 0.2) is 12.4 Å². The van der Waals surface area contributed by atoms with Gasteiger partial charge in [0.15, 0.2) is 0 Å². The van der Waals surface area contributed by atoms with Gasteiger partial charge < -0.3 is 19.7 Å². The summed E-state index contributed by atoms with van der Waals surface area (Å²) < 4.78 is 5.63. The molecular weight excluding hydrogens is 221 g/mol. The number of rotatable bonds is 2. The van der Waals surface area contributed by atoms with Gasteiger partial charge in [-0.05, 0) is 13.8 Å². The predicted octanol–water partition coefficient (Wildman–Crippen LogP) is -1.23. The van der Waals surface area contributed by atoms with E-state index in [4.69, 9.17) is 14.8 Å². The summed E-state index contributed by atoms with van der Waals surface area (Å²) in [6, 6.07) is 0. The number of anilines is 1. The van der Waals surface area contributed by atoms with Crippen molar-refractivity contribution in [1.82, 2.24) is 9.97 Å². The second kappa shape index (κ2) is 4.99. The van der Waals surface area contributed by atoms with Crippen LogP contribution < -0.4 is 10.5 Å². The Bertz CT molecular complexity index is 381. The first-order valence-electron chi connectivity index (χ1n) is 5.64. The minimum Gasteiger partial charge on any atom is -0.422 e. The molecule has 1 saturated heterocycles. The van der Waals surface area contributed by atoms with Crippen molar-refractivity contribution < 1.29 is 14.8 Å². The fourth-order valence-electron chi connectivity index (χ4n) is 2.01. The highest BCUT2D eigenvalue weighted by Crippen LogP contribution is 2.16. The third-order valence-electron chi connectivity index (χ3n) is 2.65. The normalized spacial score (nSPS) is 24.8. The topological polar surface area (TPSA) is 78.7 Å². The van der Waals surface area contributed by atoms with Crippen molar-refractivity contribution in [3.05, 3.63) is 12.4 Å². The quantitative estimate of drug-likeness (QED) is 0.627. The largest absolute Gasteiger partial charge is 0.509 e. The molecule has 2 atom stereocenters. The minimum atomic E-state index is -1.58. The lowest BCUT2D eigenvalue weighted by Crippen LogP contribution is -2.46. The molecule has 0 amide bonds. The van der Waals surface area contributed by atoms with Gasteiger partial charge in [-0.15, -0.1) is 0 Å². The van der Waals surface area contributed by atoms with Crippen LogP contribution in [0.5, 0.6) is 0 Å². The molecule has 2 heterocycles. The molecule has 0 aromatic carbocycles. The van der Waals surface area contributed by atoms with Crippen LogP contribution in [0, 0.1) is 0 Å². The lowest BCUT2D eigenvalue weighted by atomic mass is 9.87. The highest BCUT2D eigenvalue weighted by molar-refractivity contribution is 6.57. The van der Waals surface area contributed by atoms with Crippen LogP contribution in [0.1, 0.15) is 13.8 Å². The average Bonchev–Trinajstić information content (AvgIpc) is 2.28. The van der Waals surface area contributed by atoms with Gasteiger partial charge in [0.05, 0.1) is 24.0 Å². The fourth-order valence-corrected chi connectivity index (χ4v) is 2.01. The molecule has 0 bridgehead atoms. The van der Waals surface area contributed by atoms with Crippen molar-refractivity contribution in [2.24, 2.45) is 0 Å². The van der Waals surface area contributed by atoms with E-state index in [1.165, 1.54) is 6.20 Å². The Kier molecular flexibility index (Phi) is 3.61. The van der Waals surface area contributed by atoms with Crippen molar-refractivity contribution in [2.45, 2.75) is 26.1 Å².